The van der Waals surface area contributed by atoms with Crippen LogP contribution in [0.25, 0.3) is 0 Å². The zero-order valence-corrected chi connectivity index (χ0v) is 14.1. The number of nitro groups is 1. The van der Waals surface area contributed by atoms with Crippen molar-refractivity contribution in [3.63, 3.8) is 0 Å². The van der Waals surface area contributed by atoms with Gasteiger partial charge in [0.2, 0.25) is 11.8 Å². The fraction of sp³-hybridized carbons (Fsp3) is 0.467. The molecule has 0 aliphatic carbocycles. The lowest BCUT2D eigenvalue weighted by atomic mass is 10.1. The van der Waals surface area contributed by atoms with Crippen LogP contribution < -0.4 is 5.32 Å². The van der Waals surface area contributed by atoms with Gasteiger partial charge in [-0.2, -0.15) is 0 Å². The van der Waals surface area contributed by atoms with Crippen LogP contribution in [0.2, 0.25) is 5.02 Å². The quantitative estimate of drug-likeness (QED) is 0.621. The van der Waals surface area contributed by atoms with Gasteiger partial charge in [0.25, 0.3) is 5.69 Å². The van der Waals surface area contributed by atoms with Gasteiger partial charge in [-0.1, -0.05) is 11.6 Å². The molecule has 1 aromatic rings. The van der Waals surface area contributed by atoms with Crippen molar-refractivity contribution in [3.05, 3.63) is 33.3 Å². The number of methoxy groups -OCH3 is 1. The van der Waals surface area contributed by atoms with Crippen LogP contribution >= 0.6 is 11.6 Å². The van der Waals surface area contributed by atoms with Crippen molar-refractivity contribution in [1.29, 1.82) is 0 Å². The van der Waals surface area contributed by atoms with Crippen LogP contribution in [0.3, 0.4) is 0 Å². The average Bonchev–Trinajstić information content (AvgIpc) is 2.91. The third kappa shape index (κ3) is 4.01. The highest BCUT2D eigenvalue weighted by Crippen LogP contribution is 2.28. The minimum absolute atomic E-state index is 0.00592. The molecule has 24 heavy (non-hydrogen) atoms. The Bertz CT molecular complexity index is 667. The fourth-order valence-corrected chi connectivity index (χ4v) is 2.83. The first kappa shape index (κ1) is 18.2. The number of nitrogens with zero attached hydrogens (tertiary/aromatic N) is 2. The molecule has 2 amide bonds. The van der Waals surface area contributed by atoms with Crippen molar-refractivity contribution in [1.82, 2.24) is 4.90 Å². The number of ether oxygens (including phenoxy) is 1. The van der Waals surface area contributed by atoms with Crippen molar-refractivity contribution >= 4 is 34.8 Å². The van der Waals surface area contributed by atoms with Crippen LogP contribution in [0.15, 0.2) is 18.2 Å². The monoisotopic (exact) mass is 355 g/mol. The van der Waals surface area contributed by atoms with E-state index in [0.717, 1.165) is 0 Å². The molecule has 0 unspecified atom stereocenters. The normalized spacial score (nSPS) is 18.5. The molecule has 1 N–H and O–H groups in total. The minimum Gasteiger partial charge on any atom is -0.383 e. The van der Waals surface area contributed by atoms with Crippen molar-refractivity contribution in [2.75, 3.05) is 25.6 Å². The van der Waals surface area contributed by atoms with Gasteiger partial charge in [0.1, 0.15) is 5.02 Å². The molecular formula is C15H18ClN3O5. The summed E-state index contributed by atoms with van der Waals surface area (Å²) in [6.07, 6.45) is 0.107. The highest BCUT2D eigenvalue weighted by molar-refractivity contribution is 6.32. The molecule has 0 aromatic heterocycles. The fourth-order valence-electron chi connectivity index (χ4n) is 2.64. The molecule has 0 saturated carbocycles. The van der Waals surface area contributed by atoms with Crippen LogP contribution in [0, 0.1) is 16.0 Å². The van der Waals surface area contributed by atoms with Gasteiger partial charge in [-0.15, -0.1) is 0 Å². The second-order valence-corrected chi connectivity index (χ2v) is 6.07. The number of rotatable bonds is 6. The highest BCUT2D eigenvalue weighted by Gasteiger charge is 2.36. The van der Waals surface area contributed by atoms with E-state index < -0.39 is 10.8 Å². The maximum atomic E-state index is 12.3. The first-order chi connectivity index (χ1) is 11.3. The highest BCUT2D eigenvalue weighted by atomic mass is 35.5. The molecule has 2 rings (SSSR count). The smallest absolute Gasteiger partial charge is 0.289 e. The maximum absolute atomic E-state index is 12.3. The molecule has 130 valence electrons. The number of nitro benzene ring substituents is 1. The molecule has 1 aromatic carbocycles. The Labute approximate surface area is 143 Å². The number of nitrogens with one attached hydrogen (secondary N) is 1. The topological polar surface area (TPSA) is 102 Å². The number of halogens is 1. The number of carbonyl (C=O) groups excluding carboxylic acids is 2. The van der Waals surface area contributed by atoms with E-state index in [2.05, 4.69) is 5.32 Å². The first-order valence-corrected chi connectivity index (χ1v) is 7.74. The Morgan fingerprint density at radius 1 is 1.58 bits per heavy atom. The van der Waals surface area contributed by atoms with Crippen molar-refractivity contribution in [2.45, 2.75) is 19.4 Å². The predicted octanol–water partition coefficient (Wildman–Crippen LogP) is 2.07. The lowest BCUT2D eigenvalue weighted by Gasteiger charge is -2.23. The standard InChI is InChI=1S/C15H18ClN3O5/c1-9(8-24-2)18-7-10(5-14(18)20)15(21)17-11-3-4-12(16)13(6-11)19(22)23/h3-4,6,9-10H,5,7-8H2,1-2H3,(H,17,21)/t9-,10-/m0/s1. The molecule has 1 fully saturated rings. The molecule has 0 radical (unpaired) electrons. The van der Waals surface area contributed by atoms with Crippen LogP contribution in [0.4, 0.5) is 11.4 Å². The summed E-state index contributed by atoms with van der Waals surface area (Å²) in [4.78, 5) is 36.2. The van der Waals surface area contributed by atoms with E-state index in [1.165, 1.54) is 18.2 Å². The van der Waals surface area contributed by atoms with E-state index in [0.29, 0.717) is 13.2 Å². The Morgan fingerprint density at radius 3 is 2.92 bits per heavy atom. The van der Waals surface area contributed by atoms with Gasteiger partial charge < -0.3 is 15.0 Å². The number of likely N-dealkylation sites (tertiary alicyclic amines) is 1. The van der Waals surface area contributed by atoms with E-state index in [1.54, 1.807) is 12.0 Å². The number of carbonyl (C=O) groups is 2. The Balaban J connectivity index is 2.04. The van der Waals surface area contributed by atoms with E-state index in [4.69, 9.17) is 16.3 Å². The Morgan fingerprint density at radius 2 is 2.29 bits per heavy atom. The van der Waals surface area contributed by atoms with Gasteiger partial charge in [0.05, 0.1) is 23.5 Å². The van der Waals surface area contributed by atoms with Crippen molar-refractivity contribution < 1.29 is 19.2 Å². The van der Waals surface area contributed by atoms with Crippen LogP contribution in [-0.2, 0) is 14.3 Å². The number of anilines is 1. The van der Waals surface area contributed by atoms with Crippen LogP contribution in [-0.4, -0.2) is 47.9 Å². The first-order valence-electron chi connectivity index (χ1n) is 7.36. The van der Waals surface area contributed by atoms with Crippen LogP contribution in [0.1, 0.15) is 13.3 Å². The lowest BCUT2D eigenvalue weighted by molar-refractivity contribution is -0.384. The van der Waals surface area contributed by atoms with Gasteiger partial charge >= 0.3 is 0 Å². The minimum atomic E-state index is -0.620. The molecule has 2 atom stereocenters. The molecule has 1 aliphatic rings. The van der Waals surface area contributed by atoms with E-state index in [-0.39, 0.29) is 40.7 Å². The SMILES string of the molecule is COC[C@H](C)N1C[C@@H](C(=O)Nc2ccc(Cl)c([N+](=O)[O-])c2)CC1=O. The van der Waals surface area contributed by atoms with E-state index in [9.17, 15) is 19.7 Å². The maximum Gasteiger partial charge on any atom is 0.289 e. The molecule has 9 heteroatoms. The Kier molecular flexibility index (Phi) is 5.74. The number of hydrogen-bond acceptors (Lipinski definition) is 5. The van der Waals surface area contributed by atoms with Gasteiger partial charge in [0, 0.05) is 31.8 Å². The number of amides is 2. The summed E-state index contributed by atoms with van der Waals surface area (Å²) in [5.41, 5.74) is -0.0146. The number of benzene rings is 1. The zero-order chi connectivity index (χ0) is 17.9. The van der Waals surface area contributed by atoms with Gasteiger partial charge in [0.15, 0.2) is 0 Å². The van der Waals surface area contributed by atoms with Crippen LogP contribution in [0.5, 0.6) is 0 Å². The summed E-state index contributed by atoms with van der Waals surface area (Å²) >= 11 is 5.74. The molecule has 0 bridgehead atoms. The van der Waals surface area contributed by atoms with E-state index >= 15 is 0 Å². The summed E-state index contributed by atoms with van der Waals surface area (Å²) in [6.45, 7) is 2.54. The second-order valence-electron chi connectivity index (χ2n) is 5.66. The lowest BCUT2D eigenvalue weighted by Crippen LogP contribution is -2.38. The Hall–Kier alpha value is -2.19. The zero-order valence-electron chi connectivity index (χ0n) is 13.3. The van der Waals surface area contributed by atoms with Gasteiger partial charge in [-0.05, 0) is 19.1 Å². The summed E-state index contributed by atoms with van der Waals surface area (Å²) in [5, 5.41) is 13.5. The average molecular weight is 356 g/mol. The summed E-state index contributed by atoms with van der Waals surface area (Å²) < 4.78 is 5.03. The second kappa shape index (κ2) is 7.59. The molecule has 1 aliphatic heterocycles. The molecule has 1 heterocycles. The summed E-state index contributed by atoms with van der Waals surface area (Å²) in [7, 11) is 1.55. The molecular weight excluding hydrogens is 338 g/mol. The molecule has 1 saturated heterocycles. The van der Waals surface area contributed by atoms with Crippen molar-refractivity contribution in [2.24, 2.45) is 5.92 Å². The van der Waals surface area contributed by atoms with Gasteiger partial charge in [-0.3, -0.25) is 19.7 Å². The largest absolute Gasteiger partial charge is 0.383 e. The summed E-state index contributed by atoms with van der Waals surface area (Å²) in [6, 6.07) is 3.91. The third-order valence-corrected chi connectivity index (χ3v) is 4.20. The number of hydrogen-bond donors (Lipinski definition) is 1. The third-order valence-electron chi connectivity index (χ3n) is 3.88. The van der Waals surface area contributed by atoms with Gasteiger partial charge in [-0.25, -0.2) is 0 Å². The molecule has 8 nitrogen and oxygen atoms in total. The van der Waals surface area contributed by atoms with E-state index in [1.807, 2.05) is 6.92 Å². The predicted molar refractivity (Wildman–Crippen MR) is 87.9 cm³/mol. The summed E-state index contributed by atoms with van der Waals surface area (Å²) in [5.74, 6) is -0.972. The van der Waals surface area contributed by atoms with Crippen molar-refractivity contribution in [3.8, 4) is 0 Å². The molecule has 0 spiro atoms.